The Labute approximate surface area is 158 Å². The second-order valence-corrected chi connectivity index (χ2v) is 7.83. The van der Waals surface area contributed by atoms with Gasteiger partial charge in [0.25, 0.3) is 0 Å². The minimum absolute atomic E-state index is 0.0180. The summed E-state index contributed by atoms with van der Waals surface area (Å²) in [6.07, 6.45) is 3.76. The fourth-order valence-electron chi connectivity index (χ4n) is 4.45. The highest BCUT2D eigenvalue weighted by molar-refractivity contribution is 5.93. The molecule has 27 heavy (non-hydrogen) atoms. The number of carboxylic acids is 4. The number of carboxylic acid groups (broad SMARTS) is 4. The summed E-state index contributed by atoms with van der Waals surface area (Å²) in [6.45, 7) is 4.11. The fraction of sp³-hybridized carbons (Fsp3) is 0.789. The predicted molar refractivity (Wildman–Crippen MR) is 95.2 cm³/mol. The molecule has 4 atom stereocenters. The molecule has 0 amide bonds. The van der Waals surface area contributed by atoms with Crippen LogP contribution in [0.1, 0.15) is 58.8 Å². The van der Waals surface area contributed by atoms with E-state index in [4.69, 9.17) is 20.4 Å². The minimum atomic E-state index is -1.46. The lowest BCUT2D eigenvalue weighted by atomic mass is 9.71. The van der Waals surface area contributed by atoms with Crippen LogP contribution in [0.2, 0.25) is 0 Å². The molecule has 1 aliphatic rings. The summed E-state index contributed by atoms with van der Waals surface area (Å²) in [5.41, 5.74) is 0. The van der Waals surface area contributed by atoms with Crippen molar-refractivity contribution in [3.05, 3.63) is 0 Å². The number of carbonyl (C=O) groups is 4. The van der Waals surface area contributed by atoms with Crippen LogP contribution in [0.5, 0.6) is 0 Å². The Balaban J connectivity index is 2.92. The van der Waals surface area contributed by atoms with Crippen LogP contribution in [-0.2, 0) is 19.2 Å². The molecule has 1 fully saturated rings. The van der Waals surface area contributed by atoms with Crippen LogP contribution in [0.4, 0.5) is 0 Å². The quantitative estimate of drug-likeness (QED) is 0.331. The second kappa shape index (κ2) is 10.3. The SMILES string of the molecule is CC1CCCC(C)C(CCC(C(=O)O)C(=O)O)C1CCC(C(=O)O)C(=O)O. The van der Waals surface area contributed by atoms with E-state index in [1.807, 2.05) is 0 Å². The maximum atomic E-state index is 11.2. The van der Waals surface area contributed by atoms with Gasteiger partial charge in [-0.1, -0.05) is 33.1 Å². The Hall–Kier alpha value is -2.12. The van der Waals surface area contributed by atoms with E-state index in [1.165, 1.54) is 0 Å². The van der Waals surface area contributed by atoms with E-state index in [1.54, 1.807) is 0 Å². The van der Waals surface area contributed by atoms with Crippen LogP contribution in [0, 0.1) is 35.5 Å². The van der Waals surface area contributed by atoms with Crippen LogP contribution in [0.25, 0.3) is 0 Å². The van der Waals surface area contributed by atoms with Crippen LogP contribution in [0.3, 0.4) is 0 Å². The first-order chi connectivity index (χ1) is 12.6. The van der Waals surface area contributed by atoms with Gasteiger partial charge in [-0.25, -0.2) is 0 Å². The monoisotopic (exact) mass is 386 g/mol. The van der Waals surface area contributed by atoms with E-state index in [2.05, 4.69) is 13.8 Å². The summed E-state index contributed by atoms with van der Waals surface area (Å²) in [6, 6.07) is 0. The average molecular weight is 386 g/mol. The van der Waals surface area contributed by atoms with Gasteiger partial charge >= 0.3 is 23.9 Å². The molecular formula is C19H30O8. The van der Waals surface area contributed by atoms with Crippen molar-refractivity contribution in [1.82, 2.24) is 0 Å². The summed E-state index contributed by atoms with van der Waals surface area (Å²) < 4.78 is 0. The zero-order valence-corrected chi connectivity index (χ0v) is 15.8. The molecule has 1 saturated carbocycles. The molecule has 0 saturated heterocycles. The highest BCUT2D eigenvalue weighted by Crippen LogP contribution is 2.42. The highest BCUT2D eigenvalue weighted by atomic mass is 16.4. The molecule has 0 aromatic carbocycles. The summed E-state index contributed by atoms with van der Waals surface area (Å²) in [4.78, 5) is 44.7. The molecule has 154 valence electrons. The van der Waals surface area contributed by atoms with Gasteiger partial charge in [0, 0.05) is 0 Å². The topological polar surface area (TPSA) is 149 Å². The van der Waals surface area contributed by atoms with Gasteiger partial charge in [-0.3, -0.25) is 19.2 Å². The molecule has 0 bridgehead atoms. The Bertz CT molecular complexity index is 482. The lowest BCUT2D eigenvalue weighted by Crippen LogP contribution is -2.30. The maximum absolute atomic E-state index is 11.2. The van der Waals surface area contributed by atoms with Gasteiger partial charge in [0.2, 0.25) is 0 Å². The minimum Gasteiger partial charge on any atom is -0.481 e. The molecule has 8 nitrogen and oxygen atoms in total. The number of aliphatic carboxylic acids is 4. The van der Waals surface area contributed by atoms with Gasteiger partial charge in [-0.05, 0) is 49.4 Å². The van der Waals surface area contributed by atoms with Crippen molar-refractivity contribution in [3.8, 4) is 0 Å². The lowest BCUT2D eigenvalue weighted by molar-refractivity contribution is -0.157. The van der Waals surface area contributed by atoms with E-state index >= 15 is 0 Å². The standard InChI is InChI=1S/C19H30O8/c1-10-4-3-5-11(2)13(7-9-15(18(24)25)19(26)27)12(10)6-8-14(16(20)21)17(22)23/h10-15H,3-9H2,1-2H3,(H,20,21)(H,22,23)(H,24,25)(H,26,27). The van der Waals surface area contributed by atoms with E-state index in [0.29, 0.717) is 12.8 Å². The van der Waals surface area contributed by atoms with Gasteiger partial charge in [-0.15, -0.1) is 0 Å². The summed E-state index contributed by atoms with van der Waals surface area (Å²) in [7, 11) is 0. The third-order valence-corrected chi connectivity index (χ3v) is 6.10. The molecule has 4 unspecified atom stereocenters. The number of hydrogen-bond acceptors (Lipinski definition) is 4. The van der Waals surface area contributed by atoms with E-state index < -0.39 is 35.7 Å². The van der Waals surface area contributed by atoms with Crippen LogP contribution in [0.15, 0.2) is 0 Å². The smallest absolute Gasteiger partial charge is 0.317 e. The Kier molecular flexibility index (Phi) is 8.72. The zero-order chi connectivity index (χ0) is 20.7. The van der Waals surface area contributed by atoms with E-state index in [0.717, 1.165) is 19.3 Å². The first-order valence-electron chi connectivity index (χ1n) is 9.47. The van der Waals surface area contributed by atoms with Gasteiger partial charge < -0.3 is 20.4 Å². The van der Waals surface area contributed by atoms with Gasteiger partial charge in [0.05, 0.1) is 0 Å². The lowest BCUT2D eigenvalue weighted by Gasteiger charge is -2.34. The highest BCUT2D eigenvalue weighted by Gasteiger charge is 2.37. The molecule has 0 aromatic rings. The van der Waals surface area contributed by atoms with Crippen molar-refractivity contribution in [2.45, 2.75) is 58.8 Å². The molecule has 0 heterocycles. The fourth-order valence-corrected chi connectivity index (χ4v) is 4.45. The third-order valence-electron chi connectivity index (χ3n) is 6.10. The van der Waals surface area contributed by atoms with Gasteiger partial charge in [0.1, 0.15) is 0 Å². The molecule has 0 spiro atoms. The first kappa shape index (κ1) is 22.9. The van der Waals surface area contributed by atoms with Crippen LogP contribution in [-0.4, -0.2) is 44.3 Å². The maximum Gasteiger partial charge on any atom is 0.317 e. The summed E-state index contributed by atoms with van der Waals surface area (Å²) in [5, 5.41) is 36.4. The molecular weight excluding hydrogens is 356 g/mol. The molecule has 1 aliphatic carbocycles. The van der Waals surface area contributed by atoms with Crippen LogP contribution < -0.4 is 0 Å². The normalized spacial score (nSPS) is 25.9. The van der Waals surface area contributed by atoms with Crippen molar-refractivity contribution < 1.29 is 39.6 Å². The average Bonchev–Trinajstić information content (AvgIpc) is 2.66. The molecule has 1 rings (SSSR count). The molecule has 0 aliphatic heterocycles. The van der Waals surface area contributed by atoms with Crippen molar-refractivity contribution in [2.24, 2.45) is 35.5 Å². The summed E-state index contributed by atoms with van der Waals surface area (Å²) in [5.74, 6) is -7.75. The largest absolute Gasteiger partial charge is 0.481 e. The summed E-state index contributed by atoms with van der Waals surface area (Å²) >= 11 is 0. The Morgan fingerprint density at radius 1 is 0.704 bits per heavy atom. The Morgan fingerprint density at radius 3 is 1.26 bits per heavy atom. The molecule has 0 aromatic heterocycles. The van der Waals surface area contributed by atoms with Gasteiger partial charge in [-0.2, -0.15) is 0 Å². The number of rotatable bonds is 10. The second-order valence-electron chi connectivity index (χ2n) is 7.83. The van der Waals surface area contributed by atoms with E-state index in [-0.39, 0.29) is 36.5 Å². The van der Waals surface area contributed by atoms with Gasteiger partial charge in [0.15, 0.2) is 11.8 Å². The van der Waals surface area contributed by atoms with Crippen LogP contribution >= 0.6 is 0 Å². The Morgan fingerprint density at radius 2 is 1.00 bits per heavy atom. The molecule has 8 heteroatoms. The van der Waals surface area contributed by atoms with Crippen molar-refractivity contribution in [3.63, 3.8) is 0 Å². The predicted octanol–water partition coefficient (Wildman–Crippen LogP) is 2.81. The van der Waals surface area contributed by atoms with Crippen molar-refractivity contribution >= 4 is 23.9 Å². The number of hydrogen-bond donors (Lipinski definition) is 4. The van der Waals surface area contributed by atoms with Crippen molar-refractivity contribution in [2.75, 3.05) is 0 Å². The zero-order valence-electron chi connectivity index (χ0n) is 15.8. The molecule has 0 radical (unpaired) electrons. The first-order valence-corrected chi connectivity index (χ1v) is 9.47. The van der Waals surface area contributed by atoms with E-state index in [9.17, 15) is 19.2 Å². The van der Waals surface area contributed by atoms with Crippen molar-refractivity contribution in [1.29, 1.82) is 0 Å². The third kappa shape index (κ3) is 6.52. The molecule has 4 N–H and O–H groups in total.